The number of β-amino-alcohol motifs (C(OH)–C–C–N with tert-alkyl or cyclic N) is 1. The Morgan fingerprint density at radius 3 is 2.58 bits per heavy atom. The van der Waals surface area contributed by atoms with Crippen LogP contribution in [0.15, 0.2) is 0 Å². The maximum absolute atomic E-state index is 12.3. The third-order valence-electron chi connectivity index (χ3n) is 4.48. The number of carbonyl (C=O) groups excluding carboxylic acids is 1. The third-order valence-corrected chi connectivity index (χ3v) is 4.48. The summed E-state index contributed by atoms with van der Waals surface area (Å²) in [6.45, 7) is 6.90. The zero-order chi connectivity index (χ0) is 13.8. The Labute approximate surface area is 116 Å². The Bertz CT molecular complexity index is 299. The van der Waals surface area contributed by atoms with Crippen LogP contribution in [0, 0.1) is 11.8 Å². The van der Waals surface area contributed by atoms with Crippen LogP contribution in [0.25, 0.3) is 0 Å². The summed E-state index contributed by atoms with van der Waals surface area (Å²) in [5, 5.41) is 12.6. The van der Waals surface area contributed by atoms with Gasteiger partial charge in [-0.05, 0) is 31.1 Å². The Morgan fingerprint density at radius 2 is 2.05 bits per heavy atom. The summed E-state index contributed by atoms with van der Waals surface area (Å²) < 4.78 is 0. The molecule has 0 radical (unpaired) electrons. The molecule has 0 spiro atoms. The van der Waals surface area contributed by atoms with Crippen LogP contribution in [-0.2, 0) is 4.79 Å². The van der Waals surface area contributed by atoms with Crippen molar-refractivity contribution in [1.82, 2.24) is 10.2 Å². The number of aliphatic hydroxyl groups excluding tert-OH is 1. The van der Waals surface area contributed by atoms with Crippen molar-refractivity contribution < 1.29 is 9.90 Å². The Balaban J connectivity index is 1.72. The van der Waals surface area contributed by atoms with Crippen molar-refractivity contribution in [1.29, 1.82) is 0 Å². The molecule has 2 aliphatic rings. The molecule has 2 saturated heterocycles. The molecule has 2 N–H and O–H groups in total. The first-order valence-electron chi connectivity index (χ1n) is 7.76. The minimum atomic E-state index is -0.350. The number of rotatable bonds is 4. The van der Waals surface area contributed by atoms with E-state index in [0.29, 0.717) is 13.0 Å². The number of piperidine rings is 1. The third kappa shape index (κ3) is 4.18. The lowest BCUT2D eigenvalue weighted by Crippen LogP contribution is -2.47. The van der Waals surface area contributed by atoms with E-state index >= 15 is 0 Å². The van der Waals surface area contributed by atoms with Crippen molar-refractivity contribution in [2.75, 3.05) is 19.6 Å². The minimum Gasteiger partial charge on any atom is -0.392 e. The number of hydrogen-bond donors (Lipinski definition) is 2. The fourth-order valence-electron chi connectivity index (χ4n) is 3.14. The van der Waals surface area contributed by atoms with Gasteiger partial charge in [0.2, 0.25) is 5.91 Å². The molecule has 0 aliphatic carbocycles. The largest absolute Gasteiger partial charge is 0.392 e. The number of hydrogen-bond acceptors (Lipinski definition) is 3. The number of nitrogens with zero attached hydrogens (tertiary/aromatic N) is 1. The van der Waals surface area contributed by atoms with Gasteiger partial charge in [0, 0.05) is 19.6 Å². The summed E-state index contributed by atoms with van der Waals surface area (Å²) in [7, 11) is 0. The first kappa shape index (κ1) is 14.8. The number of likely N-dealkylation sites (tertiary alicyclic amines) is 1. The fourth-order valence-corrected chi connectivity index (χ4v) is 3.14. The summed E-state index contributed by atoms with van der Waals surface area (Å²) in [5.41, 5.74) is 0. The van der Waals surface area contributed by atoms with Crippen molar-refractivity contribution >= 4 is 5.91 Å². The number of amides is 1. The topological polar surface area (TPSA) is 52.6 Å². The van der Waals surface area contributed by atoms with Crippen LogP contribution in [0.3, 0.4) is 0 Å². The average Bonchev–Trinajstić information content (AvgIpc) is 2.83. The molecule has 110 valence electrons. The minimum absolute atomic E-state index is 0.151. The van der Waals surface area contributed by atoms with Gasteiger partial charge in [0.05, 0.1) is 12.1 Å². The zero-order valence-corrected chi connectivity index (χ0v) is 12.3. The second-order valence-electron chi connectivity index (χ2n) is 6.59. The van der Waals surface area contributed by atoms with Crippen molar-refractivity contribution in [3.8, 4) is 0 Å². The lowest BCUT2D eigenvalue weighted by Gasteiger charge is -2.33. The predicted octanol–water partition coefficient (Wildman–Crippen LogP) is 1.38. The normalized spacial score (nSPS) is 29.2. The lowest BCUT2D eigenvalue weighted by molar-refractivity contribution is -0.134. The quantitative estimate of drug-likeness (QED) is 0.810. The van der Waals surface area contributed by atoms with Crippen LogP contribution in [0.4, 0.5) is 0 Å². The van der Waals surface area contributed by atoms with Gasteiger partial charge in [0.15, 0.2) is 0 Å². The summed E-state index contributed by atoms with van der Waals surface area (Å²) in [6, 6.07) is -0.151. The molecule has 2 fully saturated rings. The molecule has 0 bridgehead atoms. The average molecular weight is 268 g/mol. The van der Waals surface area contributed by atoms with Gasteiger partial charge in [-0.2, -0.15) is 0 Å². The van der Waals surface area contributed by atoms with Gasteiger partial charge in [0.1, 0.15) is 0 Å². The maximum atomic E-state index is 12.3. The van der Waals surface area contributed by atoms with E-state index in [4.69, 9.17) is 0 Å². The smallest absolute Gasteiger partial charge is 0.239 e. The highest BCUT2D eigenvalue weighted by Gasteiger charge is 2.32. The standard InChI is InChI=1S/C15H28N2O2/c1-11(2)3-4-12-5-7-17(8-6-12)15(19)14-9-13(18)10-16-14/h11-14,16,18H,3-10H2,1-2H3/t13-,14-/m0/s1. The highest BCUT2D eigenvalue weighted by Crippen LogP contribution is 2.24. The second kappa shape index (κ2) is 6.71. The molecule has 2 aliphatic heterocycles. The number of carbonyl (C=O) groups is 1. The molecule has 2 atom stereocenters. The summed E-state index contributed by atoms with van der Waals surface area (Å²) >= 11 is 0. The van der Waals surface area contributed by atoms with E-state index in [1.807, 2.05) is 4.90 Å². The van der Waals surface area contributed by atoms with E-state index in [0.717, 1.165) is 37.8 Å². The number of aliphatic hydroxyl groups is 1. The maximum Gasteiger partial charge on any atom is 0.239 e. The summed E-state index contributed by atoms with van der Waals surface area (Å²) in [5.74, 6) is 1.77. The molecule has 2 rings (SSSR count). The molecule has 0 saturated carbocycles. The van der Waals surface area contributed by atoms with Crippen molar-refractivity contribution in [3.63, 3.8) is 0 Å². The van der Waals surface area contributed by atoms with E-state index in [1.165, 1.54) is 12.8 Å². The van der Waals surface area contributed by atoms with Gasteiger partial charge < -0.3 is 15.3 Å². The van der Waals surface area contributed by atoms with Gasteiger partial charge in [-0.15, -0.1) is 0 Å². The van der Waals surface area contributed by atoms with E-state index in [9.17, 15) is 9.90 Å². The van der Waals surface area contributed by atoms with Gasteiger partial charge in [-0.3, -0.25) is 4.79 Å². The van der Waals surface area contributed by atoms with Gasteiger partial charge in [-0.25, -0.2) is 0 Å². The molecule has 2 heterocycles. The van der Waals surface area contributed by atoms with Gasteiger partial charge >= 0.3 is 0 Å². The first-order chi connectivity index (χ1) is 9.06. The molecule has 0 aromatic carbocycles. The van der Waals surface area contributed by atoms with E-state index in [-0.39, 0.29) is 18.1 Å². The van der Waals surface area contributed by atoms with E-state index < -0.39 is 0 Å². The molecule has 19 heavy (non-hydrogen) atoms. The first-order valence-corrected chi connectivity index (χ1v) is 7.76. The van der Waals surface area contributed by atoms with Crippen molar-refractivity contribution in [2.24, 2.45) is 11.8 Å². The highest BCUT2D eigenvalue weighted by molar-refractivity contribution is 5.82. The molecule has 1 amide bonds. The summed E-state index contributed by atoms with van der Waals surface area (Å²) in [4.78, 5) is 14.3. The molecule has 0 aromatic heterocycles. The molecular formula is C15H28N2O2. The van der Waals surface area contributed by atoms with E-state index in [1.54, 1.807) is 0 Å². The van der Waals surface area contributed by atoms with Crippen LogP contribution in [0.2, 0.25) is 0 Å². The SMILES string of the molecule is CC(C)CCC1CCN(C(=O)[C@@H]2C[C@H](O)CN2)CC1. The Hall–Kier alpha value is -0.610. The summed E-state index contributed by atoms with van der Waals surface area (Å²) in [6.07, 6.45) is 5.13. The van der Waals surface area contributed by atoms with Crippen LogP contribution < -0.4 is 5.32 Å². The van der Waals surface area contributed by atoms with Crippen LogP contribution in [0.1, 0.15) is 46.0 Å². The second-order valence-corrected chi connectivity index (χ2v) is 6.59. The monoisotopic (exact) mass is 268 g/mol. The highest BCUT2D eigenvalue weighted by atomic mass is 16.3. The van der Waals surface area contributed by atoms with Crippen LogP contribution in [0.5, 0.6) is 0 Å². The zero-order valence-electron chi connectivity index (χ0n) is 12.3. The molecule has 4 heteroatoms. The van der Waals surface area contributed by atoms with Crippen molar-refractivity contribution in [3.05, 3.63) is 0 Å². The van der Waals surface area contributed by atoms with E-state index in [2.05, 4.69) is 19.2 Å². The molecule has 0 aromatic rings. The Morgan fingerprint density at radius 1 is 1.37 bits per heavy atom. The van der Waals surface area contributed by atoms with Gasteiger partial charge in [0.25, 0.3) is 0 Å². The molecule has 4 nitrogen and oxygen atoms in total. The fraction of sp³-hybridized carbons (Fsp3) is 0.933. The molecular weight excluding hydrogens is 240 g/mol. The number of nitrogens with one attached hydrogen (secondary N) is 1. The van der Waals surface area contributed by atoms with Crippen molar-refractivity contribution in [2.45, 2.75) is 58.1 Å². The van der Waals surface area contributed by atoms with Crippen LogP contribution in [-0.4, -0.2) is 47.7 Å². The van der Waals surface area contributed by atoms with Crippen LogP contribution >= 0.6 is 0 Å². The van der Waals surface area contributed by atoms with Gasteiger partial charge in [-0.1, -0.05) is 26.7 Å². The lowest BCUT2D eigenvalue weighted by atomic mass is 9.89. The Kier molecular flexibility index (Phi) is 5.22. The molecule has 0 unspecified atom stereocenters. The predicted molar refractivity (Wildman–Crippen MR) is 75.8 cm³/mol.